The van der Waals surface area contributed by atoms with E-state index in [2.05, 4.69) is 0 Å². The molecule has 1 fully saturated rings. The van der Waals surface area contributed by atoms with Crippen molar-refractivity contribution in [2.24, 2.45) is 0 Å². The molecule has 1 aliphatic heterocycles. The second-order valence-corrected chi connectivity index (χ2v) is 10.3. The first-order valence-corrected chi connectivity index (χ1v) is 12.3. The van der Waals surface area contributed by atoms with Crippen LogP contribution in [-0.2, 0) is 27.6 Å². The number of fused-ring (bicyclic) bond motifs is 1. The van der Waals surface area contributed by atoms with Crippen LogP contribution in [0.3, 0.4) is 0 Å². The molecule has 1 aromatic heterocycles. The summed E-state index contributed by atoms with van der Waals surface area (Å²) in [5, 5.41) is 0.924. The van der Waals surface area contributed by atoms with Crippen molar-refractivity contribution in [3.8, 4) is 5.75 Å². The maximum absolute atomic E-state index is 13.4. The largest absolute Gasteiger partial charge is 0.494 e. The molecule has 0 spiro atoms. The van der Waals surface area contributed by atoms with E-state index in [4.69, 9.17) is 9.15 Å². The highest BCUT2D eigenvalue weighted by Crippen LogP contribution is 2.26. The summed E-state index contributed by atoms with van der Waals surface area (Å²) in [4.78, 5) is 15.1. The van der Waals surface area contributed by atoms with Gasteiger partial charge in [-0.05, 0) is 50.1 Å². The molecule has 7 heteroatoms. The molecule has 1 amide bonds. The molecule has 0 unspecified atom stereocenters. The van der Waals surface area contributed by atoms with E-state index in [0.717, 1.165) is 33.4 Å². The lowest BCUT2D eigenvalue weighted by molar-refractivity contribution is -0.133. The second-order valence-electron chi connectivity index (χ2n) is 8.09. The Kier molecular flexibility index (Phi) is 6.05. The number of aryl methyl sites for hydroxylation is 1. The number of nitrogens with zero attached hydrogens (tertiary/aromatic N) is 1. The van der Waals surface area contributed by atoms with Crippen LogP contribution in [0.5, 0.6) is 5.75 Å². The Bertz CT molecular complexity index is 1180. The summed E-state index contributed by atoms with van der Waals surface area (Å²) >= 11 is 0. The average molecular weight is 442 g/mol. The average Bonchev–Trinajstić information content (AvgIpc) is 3.30. The van der Waals surface area contributed by atoms with Gasteiger partial charge in [0.2, 0.25) is 5.91 Å². The third-order valence-electron chi connectivity index (χ3n) is 5.71. The molecule has 0 bridgehead atoms. The van der Waals surface area contributed by atoms with Gasteiger partial charge in [0.25, 0.3) is 0 Å². The summed E-state index contributed by atoms with van der Waals surface area (Å²) in [5.74, 6) is 0.813. The van der Waals surface area contributed by atoms with Crippen LogP contribution in [0.15, 0.2) is 53.1 Å². The fourth-order valence-electron chi connectivity index (χ4n) is 4.09. The number of hydrogen-bond donors (Lipinski definition) is 0. The molecule has 31 heavy (non-hydrogen) atoms. The number of sulfone groups is 1. The van der Waals surface area contributed by atoms with Gasteiger partial charge < -0.3 is 14.1 Å². The van der Waals surface area contributed by atoms with Gasteiger partial charge in [-0.15, -0.1) is 0 Å². The van der Waals surface area contributed by atoms with Gasteiger partial charge in [0.1, 0.15) is 11.3 Å². The quantitative estimate of drug-likeness (QED) is 0.556. The van der Waals surface area contributed by atoms with E-state index in [-0.39, 0.29) is 29.9 Å². The molecule has 0 N–H and O–H groups in total. The molecular weight excluding hydrogens is 414 g/mol. The van der Waals surface area contributed by atoms with Crippen LogP contribution in [0.1, 0.15) is 30.0 Å². The Morgan fingerprint density at radius 2 is 1.97 bits per heavy atom. The molecular formula is C24H27NO5S. The van der Waals surface area contributed by atoms with Gasteiger partial charge in [0.05, 0.1) is 30.8 Å². The predicted molar refractivity (Wildman–Crippen MR) is 120 cm³/mol. The number of carbonyl (C=O) groups is 1. The molecule has 2 aromatic carbocycles. The molecule has 6 nitrogen and oxygen atoms in total. The molecule has 0 saturated carbocycles. The summed E-state index contributed by atoms with van der Waals surface area (Å²) in [6.45, 7) is 4.87. The Balaban J connectivity index is 1.58. The zero-order valence-corrected chi connectivity index (χ0v) is 18.7. The van der Waals surface area contributed by atoms with Gasteiger partial charge in [-0.25, -0.2) is 8.42 Å². The highest BCUT2D eigenvalue weighted by atomic mass is 32.2. The summed E-state index contributed by atoms with van der Waals surface area (Å²) < 4.78 is 35.3. The minimum absolute atomic E-state index is 0.0149. The van der Waals surface area contributed by atoms with Crippen molar-refractivity contribution in [3.63, 3.8) is 0 Å². The van der Waals surface area contributed by atoms with Crippen molar-refractivity contribution >= 4 is 26.7 Å². The summed E-state index contributed by atoms with van der Waals surface area (Å²) in [6, 6.07) is 13.2. The van der Waals surface area contributed by atoms with E-state index in [1.807, 2.05) is 56.3 Å². The number of hydrogen-bond acceptors (Lipinski definition) is 5. The summed E-state index contributed by atoms with van der Waals surface area (Å²) in [6.07, 6.45) is 2.27. The molecule has 1 atom stereocenters. The topological polar surface area (TPSA) is 76.8 Å². The van der Waals surface area contributed by atoms with E-state index < -0.39 is 9.84 Å². The number of ether oxygens (including phenoxy) is 1. The number of amides is 1. The van der Waals surface area contributed by atoms with Crippen LogP contribution in [0, 0.1) is 6.92 Å². The first-order valence-electron chi connectivity index (χ1n) is 10.5. The molecule has 164 valence electrons. The number of furan rings is 1. The fourth-order valence-corrected chi connectivity index (χ4v) is 5.82. The highest BCUT2D eigenvalue weighted by Gasteiger charge is 2.34. The molecule has 4 rings (SSSR count). The van der Waals surface area contributed by atoms with E-state index >= 15 is 0 Å². The van der Waals surface area contributed by atoms with Gasteiger partial charge in [-0.1, -0.05) is 23.8 Å². The van der Waals surface area contributed by atoms with Gasteiger partial charge in [-0.3, -0.25) is 4.79 Å². The zero-order chi connectivity index (χ0) is 22.0. The van der Waals surface area contributed by atoms with Crippen molar-refractivity contribution < 1.29 is 22.4 Å². The minimum Gasteiger partial charge on any atom is -0.494 e. The Hall–Kier alpha value is -2.80. The van der Waals surface area contributed by atoms with Crippen LogP contribution in [0.2, 0.25) is 0 Å². The first kappa shape index (κ1) is 21.4. The Morgan fingerprint density at radius 3 is 2.65 bits per heavy atom. The number of rotatable bonds is 7. The Labute approximate surface area is 182 Å². The van der Waals surface area contributed by atoms with E-state index in [1.54, 1.807) is 11.2 Å². The van der Waals surface area contributed by atoms with E-state index in [0.29, 0.717) is 19.6 Å². The van der Waals surface area contributed by atoms with Crippen LogP contribution < -0.4 is 4.74 Å². The van der Waals surface area contributed by atoms with Gasteiger partial charge in [0, 0.05) is 23.5 Å². The smallest absolute Gasteiger partial charge is 0.227 e. The zero-order valence-electron chi connectivity index (χ0n) is 17.8. The Morgan fingerprint density at radius 1 is 1.19 bits per heavy atom. The molecule has 1 saturated heterocycles. The van der Waals surface area contributed by atoms with Gasteiger partial charge >= 0.3 is 0 Å². The molecule has 0 radical (unpaired) electrons. The SMILES string of the molecule is CCOc1ccc(CN(C(=O)Cc2coc3ccc(C)cc23)[C@@H]2CCS(=O)(=O)C2)cc1. The number of benzene rings is 2. The maximum Gasteiger partial charge on any atom is 0.227 e. The van der Waals surface area contributed by atoms with Crippen LogP contribution in [0.4, 0.5) is 0 Å². The van der Waals surface area contributed by atoms with Crippen molar-refractivity contribution in [3.05, 3.63) is 65.4 Å². The van der Waals surface area contributed by atoms with Crippen molar-refractivity contribution in [2.45, 2.75) is 39.3 Å². The highest BCUT2D eigenvalue weighted by molar-refractivity contribution is 7.91. The molecule has 1 aliphatic rings. The van der Waals surface area contributed by atoms with Gasteiger partial charge in [0.15, 0.2) is 9.84 Å². The number of carbonyl (C=O) groups excluding carboxylic acids is 1. The first-order chi connectivity index (χ1) is 14.8. The van der Waals surface area contributed by atoms with E-state index in [9.17, 15) is 13.2 Å². The third kappa shape index (κ3) is 4.93. The fraction of sp³-hybridized carbons (Fsp3) is 0.375. The summed E-state index contributed by atoms with van der Waals surface area (Å²) in [7, 11) is -3.12. The lowest BCUT2D eigenvalue weighted by Gasteiger charge is -2.28. The maximum atomic E-state index is 13.4. The van der Waals surface area contributed by atoms with Crippen molar-refractivity contribution in [2.75, 3.05) is 18.1 Å². The summed E-state index contributed by atoms with van der Waals surface area (Å²) in [5.41, 5.74) is 3.60. The van der Waals surface area contributed by atoms with E-state index in [1.165, 1.54) is 0 Å². The van der Waals surface area contributed by atoms with Crippen LogP contribution >= 0.6 is 0 Å². The van der Waals surface area contributed by atoms with Crippen molar-refractivity contribution in [1.29, 1.82) is 0 Å². The lowest BCUT2D eigenvalue weighted by atomic mass is 10.1. The predicted octanol–water partition coefficient (Wildman–Crippen LogP) is 3.90. The molecule has 3 aromatic rings. The van der Waals surface area contributed by atoms with Crippen LogP contribution in [0.25, 0.3) is 11.0 Å². The van der Waals surface area contributed by atoms with Gasteiger partial charge in [-0.2, -0.15) is 0 Å². The molecule has 2 heterocycles. The monoisotopic (exact) mass is 441 g/mol. The van der Waals surface area contributed by atoms with Crippen molar-refractivity contribution in [1.82, 2.24) is 4.90 Å². The minimum atomic E-state index is -3.12. The second kappa shape index (κ2) is 8.75. The van der Waals surface area contributed by atoms with Crippen LogP contribution in [-0.4, -0.2) is 43.4 Å². The third-order valence-corrected chi connectivity index (χ3v) is 7.46. The molecule has 0 aliphatic carbocycles. The normalized spacial score (nSPS) is 17.7. The lowest BCUT2D eigenvalue weighted by Crippen LogP contribution is -2.41. The standard InChI is InChI=1S/C24H27NO5S/c1-3-29-21-7-5-18(6-8-21)14-25(20-10-11-31(27,28)16-20)24(26)13-19-15-30-23-9-4-17(2)12-22(19)23/h4-9,12,15,20H,3,10-11,13-14,16H2,1-2H3/t20-/m1/s1.